The molecule has 2 rings (SSSR count). The van der Waals surface area contributed by atoms with Crippen LogP contribution in [0.25, 0.3) is 0 Å². The molecule has 2 N–H and O–H groups in total. The van der Waals surface area contributed by atoms with Gasteiger partial charge in [-0.2, -0.15) is 0 Å². The van der Waals surface area contributed by atoms with Crippen molar-refractivity contribution in [2.24, 2.45) is 0 Å². The largest absolute Gasteiger partial charge is 0.459 e. The summed E-state index contributed by atoms with van der Waals surface area (Å²) in [5.74, 6) is -1.15. The molecule has 2 aliphatic rings. The van der Waals surface area contributed by atoms with Crippen LogP contribution in [0.3, 0.4) is 0 Å². The molecule has 0 aliphatic carbocycles. The maximum atomic E-state index is 12.8. The molecule has 0 aromatic rings. The number of amides is 1. The highest BCUT2D eigenvalue weighted by Gasteiger charge is 2.41. The average Bonchev–Trinajstić information content (AvgIpc) is 3.17. The van der Waals surface area contributed by atoms with Crippen molar-refractivity contribution in [1.82, 2.24) is 5.32 Å². The van der Waals surface area contributed by atoms with E-state index in [0.717, 1.165) is 12.0 Å². The van der Waals surface area contributed by atoms with Crippen molar-refractivity contribution >= 4 is 29.4 Å². The molecule has 2 aliphatic heterocycles. The van der Waals surface area contributed by atoms with E-state index in [1.165, 1.54) is 6.92 Å². The van der Waals surface area contributed by atoms with Crippen molar-refractivity contribution < 1.29 is 33.7 Å². The van der Waals surface area contributed by atoms with E-state index in [-0.39, 0.29) is 24.9 Å². The summed E-state index contributed by atoms with van der Waals surface area (Å²) in [4.78, 5) is 36.4. The number of carbonyl (C=O) groups is 3. The lowest BCUT2D eigenvalue weighted by atomic mass is 10.0. The Bertz CT molecular complexity index is 851. The maximum Gasteiger partial charge on any atom is 0.310 e. The van der Waals surface area contributed by atoms with E-state index in [4.69, 9.17) is 25.8 Å². The lowest BCUT2D eigenvalue weighted by Gasteiger charge is -2.24. The number of nitrogens with one attached hydrogen (secondary N) is 1. The smallest absolute Gasteiger partial charge is 0.310 e. The Morgan fingerprint density at radius 2 is 2.09 bits per heavy atom. The van der Waals surface area contributed by atoms with E-state index in [9.17, 15) is 19.5 Å². The van der Waals surface area contributed by atoms with Crippen LogP contribution in [0.2, 0.25) is 0 Å². The topological polar surface area (TPSA) is 111 Å². The highest BCUT2D eigenvalue weighted by Crippen LogP contribution is 2.31. The molecule has 1 amide bonds. The zero-order chi connectivity index (χ0) is 26.0. The predicted octanol–water partition coefficient (Wildman–Crippen LogP) is 3.85. The number of hydrogen-bond acceptors (Lipinski definition) is 7. The zero-order valence-corrected chi connectivity index (χ0v) is 21.8. The van der Waals surface area contributed by atoms with Crippen LogP contribution >= 0.6 is 11.6 Å². The third kappa shape index (κ3) is 10.2. The second-order valence-corrected chi connectivity index (χ2v) is 9.68. The van der Waals surface area contributed by atoms with Gasteiger partial charge in [0.1, 0.15) is 24.4 Å². The van der Waals surface area contributed by atoms with Crippen molar-refractivity contribution in [2.75, 3.05) is 6.54 Å². The Kier molecular flexibility index (Phi) is 12.0. The van der Waals surface area contributed by atoms with Crippen LogP contribution in [0.1, 0.15) is 72.6 Å². The summed E-state index contributed by atoms with van der Waals surface area (Å²) in [5.41, 5.74) is 1.42. The van der Waals surface area contributed by atoms with E-state index < -0.39 is 36.4 Å². The van der Waals surface area contributed by atoms with Crippen LogP contribution in [0.4, 0.5) is 0 Å². The molecule has 0 unspecified atom stereocenters. The maximum absolute atomic E-state index is 12.8. The Labute approximate surface area is 212 Å². The zero-order valence-electron chi connectivity index (χ0n) is 21.1. The summed E-state index contributed by atoms with van der Waals surface area (Å²) in [6.45, 7) is 7.42. The molecule has 5 atom stereocenters. The molecule has 0 spiro atoms. The van der Waals surface area contributed by atoms with Gasteiger partial charge in [0.05, 0.1) is 12.5 Å². The molecule has 0 saturated carbocycles. The lowest BCUT2D eigenvalue weighted by Crippen LogP contribution is -2.37. The van der Waals surface area contributed by atoms with Gasteiger partial charge in [-0.1, -0.05) is 42.3 Å². The quantitative estimate of drug-likeness (QED) is 0.394. The number of aliphatic hydroxyl groups excluding tert-OH is 1. The van der Waals surface area contributed by atoms with Gasteiger partial charge < -0.3 is 24.6 Å². The molecule has 9 heteroatoms. The fourth-order valence-corrected chi connectivity index (χ4v) is 4.35. The fourth-order valence-electron chi connectivity index (χ4n) is 4.15. The summed E-state index contributed by atoms with van der Waals surface area (Å²) in [6.07, 6.45) is 4.82. The number of rotatable bonds is 7. The number of esters is 2. The molecular formula is C26H38ClNO7. The molecule has 0 aromatic carbocycles. The van der Waals surface area contributed by atoms with Gasteiger partial charge in [-0.15, -0.1) is 0 Å². The lowest BCUT2D eigenvalue weighted by molar-refractivity contribution is -0.159. The van der Waals surface area contributed by atoms with Crippen molar-refractivity contribution in [2.45, 2.75) is 103 Å². The first kappa shape index (κ1) is 29.1. The number of carbonyl (C=O) groups excluding carboxylic acids is 3. The summed E-state index contributed by atoms with van der Waals surface area (Å²) in [7, 11) is 0. The van der Waals surface area contributed by atoms with E-state index in [1.807, 2.05) is 19.1 Å². The summed E-state index contributed by atoms with van der Waals surface area (Å²) in [5, 5.41) is 14.4. The van der Waals surface area contributed by atoms with Crippen molar-refractivity contribution in [1.29, 1.82) is 0 Å². The molecule has 1 saturated heterocycles. The van der Waals surface area contributed by atoms with Gasteiger partial charge in [0.2, 0.25) is 5.91 Å². The van der Waals surface area contributed by atoms with Gasteiger partial charge in [0.25, 0.3) is 0 Å². The molecule has 0 radical (unpaired) electrons. The van der Waals surface area contributed by atoms with Crippen LogP contribution < -0.4 is 5.32 Å². The second kappa shape index (κ2) is 14.4. The Balaban J connectivity index is 2.19. The minimum absolute atomic E-state index is 0.118. The summed E-state index contributed by atoms with van der Waals surface area (Å²) >= 11 is 6.38. The van der Waals surface area contributed by atoms with Gasteiger partial charge in [-0.05, 0) is 45.1 Å². The minimum atomic E-state index is -1.07. The van der Waals surface area contributed by atoms with Crippen LogP contribution in [0.5, 0.6) is 0 Å². The number of allylic oxidation sites excluding steroid dienone is 3. The van der Waals surface area contributed by atoms with Crippen LogP contribution in [0.15, 0.2) is 34.4 Å². The van der Waals surface area contributed by atoms with Gasteiger partial charge in [-0.25, -0.2) is 0 Å². The number of halogens is 1. The van der Waals surface area contributed by atoms with Crippen LogP contribution in [0, 0.1) is 0 Å². The molecule has 2 bridgehead atoms. The van der Waals surface area contributed by atoms with Gasteiger partial charge >= 0.3 is 11.9 Å². The highest BCUT2D eigenvalue weighted by atomic mass is 35.5. The van der Waals surface area contributed by atoms with Crippen LogP contribution in [-0.2, 0) is 28.6 Å². The van der Waals surface area contributed by atoms with Gasteiger partial charge in [0.15, 0.2) is 0 Å². The highest BCUT2D eigenvalue weighted by molar-refractivity contribution is 6.29. The van der Waals surface area contributed by atoms with E-state index >= 15 is 0 Å². The molecule has 196 valence electrons. The molecule has 1 fully saturated rings. The third-order valence-electron chi connectivity index (χ3n) is 5.95. The third-order valence-corrected chi connectivity index (χ3v) is 6.29. The van der Waals surface area contributed by atoms with E-state index in [0.29, 0.717) is 42.8 Å². The van der Waals surface area contributed by atoms with E-state index in [1.54, 1.807) is 19.9 Å². The standard InChI is InChI=1S/C26H38ClNO7/c1-5-11-28-24(31)13-16(2)12-21(30)26-23-14-20(34-26)10-9-19(27)8-6-7-17(3)22(33-18(4)29)15-25(32)35-23/h7-8,12,20-23,26,30H,5-6,9-11,13-15H2,1-4H3,(H,28,31)/b16-12+,17-7-,19-8-/t20-,21-,22-,23-,26-/m1/s1. The average molecular weight is 512 g/mol. The first-order valence-corrected chi connectivity index (χ1v) is 12.6. The normalized spacial score (nSPS) is 30.1. The number of fused-ring (bicyclic) bond motifs is 2. The first-order chi connectivity index (χ1) is 16.6. The Hall–Kier alpha value is -2.16. The SMILES string of the molecule is CCCNC(=O)C/C(C)=C/[C@@H](O)[C@H]1O[C@@H]2CC/C(Cl)=C/C/C=C(/C)[C@H](OC(C)=O)CC(=O)O[C@@H]1C2. The van der Waals surface area contributed by atoms with Crippen molar-refractivity contribution in [3.05, 3.63) is 34.4 Å². The van der Waals surface area contributed by atoms with Gasteiger partial charge in [0, 0.05) is 31.3 Å². The Morgan fingerprint density at radius 1 is 1.34 bits per heavy atom. The van der Waals surface area contributed by atoms with Crippen molar-refractivity contribution in [3.8, 4) is 0 Å². The first-order valence-electron chi connectivity index (χ1n) is 12.2. The molecular weight excluding hydrogens is 474 g/mol. The van der Waals surface area contributed by atoms with Gasteiger partial charge in [-0.3, -0.25) is 14.4 Å². The summed E-state index contributed by atoms with van der Waals surface area (Å²) < 4.78 is 17.2. The van der Waals surface area contributed by atoms with Crippen LogP contribution in [-0.4, -0.2) is 60.0 Å². The molecule has 35 heavy (non-hydrogen) atoms. The minimum Gasteiger partial charge on any atom is -0.459 e. The van der Waals surface area contributed by atoms with E-state index in [2.05, 4.69) is 5.32 Å². The predicted molar refractivity (Wildman–Crippen MR) is 133 cm³/mol. The number of hydrogen-bond donors (Lipinski definition) is 2. The molecule has 8 nitrogen and oxygen atoms in total. The second-order valence-electron chi connectivity index (χ2n) is 9.19. The molecule has 0 aromatic heterocycles. The molecule has 2 heterocycles. The summed E-state index contributed by atoms with van der Waals surface area (Å²) in [6, 6.07) is 0. The Morgan fingerprint density at radius 3 is 2.77 bits per heavy atom. The monoisotopic (exact) mass is 511 g/mol. The fraction of sp³-hybridized carbons (Fsp3) is 0.654. The van der Waals surface area contributed by atoms with Crippen molar-refractivity contribution in [3.63, 3.8) is 0 Å². The number of aliphatic hydroxyl groups is 1. The number of ether oxygens (including phenoxy) is 3.